The van der Waals surface area contributed by atoms with Crippen LogP contribution in [0.1, 0.15) is 18.1 Å². The number of fused-ring (bicyclic) bond motifs is 1. The Morgan fingerprint density at radius 3 is 2.33 bits per heavy atom. The molecule has 2 aromatic carbocycles. The molecule has 0 spiro atoms. The van der Waals surface area contributed by atoms with Crippen LogP contribution in [0.25, 0.3) is 11.2 Å². The molecular weight excluding hydrogens is 464 g/mol. The summed E-state index contributed by atoms with van der Waals surface area (Å²) in [6, 6.07) is 16.4. The number of benzene rings is 2. The van der Waals surface area contributed by atoms with E-state index in [1.54, 1.807) is 16.7 Å². The zero-order valence-electron chi connectivity index (χ0n) is 19.9. The molecule has 0 atom stereocenters. The molecule has 0 bridgehead atoms. The number of nitrogens with zero attached hydrogens (tertiary/aromatic N) is 4. The van der Waals surface area contributed by atoms with Gasteiger partial charge >= 0.3 is 5.69 Å². The SMILES string of the molecule is CCn1cnc2c1c(=O)n(CC(=O)NNC(=O)COc1ccc(C)cc1)c(=O)n2Cc1ccccc1. The molecule has 0 radical (unpaired) electrons. The first-order chi connectivity index (χ1) is 17.4. The molecule has 11 heteroatoms. The molecule has 0 saturated heterocycles. The molecule has 2 amide bonds. The van der Waals surface area contributed by atoms with Crippen molar-refractivity contribution in [1.29, 1.82) is 0 Å². The van der Waals surface area contributed by atoms with Gasteiger partial charge in [0.2, 0.25) is 0 Å². The highest BCUT2D eigenvalue weighted by Crippen LogP contribution is 2.11. The molecule has 0 unspecified atom stereocenters. The van der Waals surface area contributed by atoms with E-state index in [2.05, 4.69) is 15.8 Å². The van der Waals surface area contributed by atoms with Gasteiger partial charge in [0.05, 0.1) is 12.9 Å². The Morgan fingerprint density at radius 2 is 1.64 bits per heavy atom. The number of imidazole rings is 1. The first-order valence-corrected chi connectivity index (χ1v) is 11.4. The van der Waals surface area contributed by atoms with Gasteiger partial charge in [-0.1, -0.05) is 48.0 Å². The molecule has 0 aliphatic carbocycles. The minimum absolute atomic E-state index is 0.173. The van der Waals surface area contributed by atoms with Crippen molar-refractivity contribution in [3.63, 3.8) is 0 Å². The van der Waals surface area contributed by atoms with Crippen LogP contribution in [-0.2, 0) is 29.2 Å². The van der Waals surface area contributed by atoms with Crippen LogP contribution in [0.4, 0.5) is 0 Å². The standard InChI is InChI=1S/C25H26N6O5/c1-3-29-16-26-23-22(29)24(34)31(25(35)30(23)13-18-7-5-4-6-8-18)14-20(32)27-28-21(33)15-36-19-11-9-17(2)10-12-19/h4-12,16H,3,13-15H2,1-2H3,(H,27,32)(H,28,33). The summed E-state index contributed by atoms with van der Waals surface area (Å²) in [5, 5.41) is 0. The summed E-state index contributed by atoms with van der Waals surface area (Å²) in [5.74, 6) is -0.836. The van der Waals surface area contributed by atoms with E-state index in [0.717, 1.165) is 15.7 Å². The molecule has 4 aromatic rings. The molecular formula is C25H26N6O5. The Bertz CT molecular complexity index is 1500. The summed E-state index contributed by atoms with van der Waals surface area (Å²) in [4.78, 5) is 55.3. The van der Waals surface area contributed by atoms with E-state index in [1.807, 2.05) is 56.3 Å². The first-order valence-electron chi connectivity index (χ1n) is 11.4. The summed E-state index contributed by atoms with van der Waals surface area (Å²) in [6.07, 6.45) is 1.49. The number of carbonyl (C=O) groups excluding carboxylic acids is 2. The molecule has 0 aliphatic heterocycles. The van der Waals surface area contributed by atoms with Crippen molar-refractivity contribution < 1.29 is 14.3 Å². The number of aryl methyl sites for hydroxylation is 2. The van der Waals surface area contributed by atoms with Crippen molar-refractivity contribution >= 4 is 23.0 Å². The first kappa shape index (κ1) is 24.5. The highest BCUT2D eigenvalue weighted by molar-refractivity contribution is 5.82. The van der Waals surface area contributed by atoms with Gasteiger partial charge in [0.1, 0.15) is 12.3 Å². The molecule has 2 N–H and O–H groups in total. The third-order valence-corrected chi connectivity index (χ3v) is 5.54. The van der Waals surface area contributed by atoms with Gasteiger partial charge < -0.3 is 9.30 Å². The Balaban J connectivity index is 1.50. The lowest BCUT2D eigenvalue weighted by molar-refractivity contribution is -0.130. The van der Waals surface area contributed by atoms with Gasteiger partial charge in [-0.2, -0.15) is 0 Å². The van der Waals surface area contributed by atoms with Crippen molar-refractivity contribution in [1.82, 2.24) is 29.5 Å². The van der Waals surface area contributed by atoms with Crippen LogP contribution in [0.5, 0.6) is 5.75 Å². The average Bonchev–Trinajstić information content (AvgIpc) is 3.32. The summed E-state index contributed by atoms with van der Waals surface area (Å²) in [7, 11) is 0. The number of amides is 2. The molecule has 186 valence electrons. The number of hydrazine groups is 1. The number of nitrogens with one attached hydrogen (secondary N) is 2. The van der Waals surface area contributed by atoms with E-state index in [-0.39, 0.29) is 24.3 Å². The van der Waals surface area contributed by atoms with Gasteiger partial charge in [0.15, 0.2) is 17.8 Å². The van der Waals surface area contributed by atoms with Gasteiger partial charge in [0.25, 0.3) is 17.4 Å². The quantitative estimate of drug-likeness (QED) is 0.354. The Labute approximate surface area is 205 Å². The van der Waals surface area contributed by atoms with E-state index in [4.69, 9.17) is 4.74 Å². The molecule has 4 rings (SSSR count). The second-order valence-corrected chi connectivity index (χ2v) is 8.15. The van der Waals surface area contributed by atoms with Crippen LogP contribution in [0.3, 0.4) is 0 Å². The Kier molecular flexibility index (Phi) is 7.28. The monoisotopic (exact) mass is 490 g/mol. The maximum absolute atomic E-state index is 13.3. The van der Waals surface area contributed by atoms with Crippen LogP contribution in [0.2, 0.25) is 0 Å². The van der Waals surface area contributed by atoms with Crippen molar-refractivity contribution in [2.45, 2.75) is 33.5 Å². The average molecular weight is 491 g/mol. The van der Waals surface area contributed by atoms with E-state index in [9.17, 15) is 19.2 Å². The highest BCUT2D eigenvalue weighted by atomic mass is 16.5. The van der Waals surface area contributed by atoms with Crippen molar-refractivity contribution in [3.05, 3.63) is 92.9 Å². The number of aromatic nitrogens is 4. The predicted molar refractivity (Wildman–Crippen MR) is 132 cm³/mol. The lowest BCUT2D eigenvalue weighted by Gasteiger charge is -2.13. The molecule has 36 heavy (non-hydrogen) atoms. The van der Waals surface area contributed by atoms with E-state index in [1.165, 1.54) is 10.9 Å². The fourth-order valence-electron chi connectivity index (χ4n) is 3.67. The van der Waals surface area contributed by atoms with E-state index in [0.29, 0.717) is 12.3 Å². The topological polar surface area (TPSA) is 129 Å². The van der Waals surface area contributed by atoms with Crippen LogP contribution in [0.15, 0.2) is 70.5 Å². The molecule has 11 nitrogen and oxygen atoms in total. The number of hydrogen-bond acceptors (Lipinski definition) is 6. The Morgan fingerprint density at radius 1 is 0.944 bits per heavy atom. The predicted octanol–water partition coefficient (Wildman–Crippen LogP) is 0.963. The molecule has 0 aliphatic rings. The smallest absolute Gasteiger partial charge is 0.333 e. The van der Waals surface area contributed by atoms with Crippen molar-refractivity contribution in [3.8, 4) is 5.75 Å². The maximum atomic E-state index is 13.3. The fraction of sp³-hybridized carbons (Fsp3) is 0.240. The number of hydrogen-bond donors (Lipinski definition) is 2. The van der Waals surface area contributed by atoms with Crippen LogP contribution < -0.4 is 26.8 Å². The van der Waals surface area contributed by atoms with Crippen LogP contribution in [0, 0.1) is 6.92 Å². The van der Waals surface area contributed by atoms with Gasteiger partial charge in [-0.3, -0.25) is 29.8 Å². The largest absolute Gasteiger partial charge is 0.484 e. The van der Waals surface area contributed by atoms with Gasteiger partial charge in [-0.15, -0.1) is 0 Å². The second kappa shape index (κ2) is 10.7. The number of rotatable bonds is 8. The second-order valence-electron chi connectivity index (χ2n) is 8.15. The molecule has 0 fully saturated rings. The third-order valence-electron chi connectivity index (χ3n) is 5.54. The van der Waals surface area contributed by atoms with Gasteiger partial charge in [0, 0.05) is 6.54 Å². The third kappa shape index (κ3) is 5.35. The minimum atomic E-state index is -0.744. The van der Waals surface area contributed by atoms with Crippen molar-refractivity contribution in [2.75, 3.05) is 6.61 Å². The number of ether oxygens (including phenoxy) is 1. The molecule has 0 saturated carbocycles. The van der Waals surface area contributed by atoms with E-state index >= 15 is 0 Å². The maximum Gasteiger partial charge on any atom is 0.333 e. The normalized spacial score (nSPS) is 10.8. The lowest BCUT2D eigenvalue weighted by atomic mass is 10.2. The fourth-order valence-corrected chi connectivity index (χ4v) is 3.67. The summed E-state index contributed by atoms with van der Waals surface area (Å²) < 4.78 is 9.19. The molecule has 2 heterocycles. The lowest BCUT2D eigenvalue weighted by Crippen LogP contribution is -2.49. The summed E-state index contributed by atoms with van der Waals surface area (Å²) in [6.45, 7) is 3.50. The van der Waals surface area contributed by atoms with E-state index < -0.39 is 29.6 Å². The van der Waals surface area contributed by atoms with Crippen molar-refractivity contribution in [2.24, 2.45) is 0 Å². The minimum Gasteiger partial charge on any atom is -0.484 e. The molecule has 2 aromatic heterocycles. The highest BCUT2D eigenvalue weighted by Gasteiger charge is 2.20. The number of carbonyl (C=O) groups is 2. The zero-order chi connectivity index (χ0) is 25.7. The Hall–Kier alpha value is -4.67. The summed E-state index contributed by atoms with van der Waals surface area (Å²) in [5.41, 5.74) is 5.49. The van der Waals surface area contributed by atoms with Gasteiger partial charge in [-0.05, 0) is 31.5 Å². The summed E-state index contributed by atoms with van der Waals surface area (Å²) >= 11 is 0. The van der Waals surface area contributed by atoms with Gasteiger partial charge in [-0.25, -0.2) is 14.3 Å². The van der Waals surface area contributed by atoms with Crippen LogP contribution in [-0.4, -0.2) is 37.1 Å². The zero-order valence-corrected chi connectivity index (χ0v) is 19.9. The van der Waals surface area contributed by atoms with Crippen LogP contribution >= 0.6 is 0 Å².